The molecule has 2 aliphatic rings. The number of rotatable bonds is 3. The third-order valence-electron chi connectivity index (χ3n) is 6.86. The van der Waals surface area contributed by atoms with Crippen molar-refractivity contribution in [1.29, 1.82) is 0 Å². The monoisotopic (exact) mass is 558 g/mol. The fraction of sp³-hybridized carbons (Fsp3) is 0.0645. The maximum Gasteiger partial charge on any atom is 0.179 e. The number of fused-ring (bicyclic) bond motifs is 4. The van der Waals surface area contributed by atoms with Crippen LogP contribution >= 0.6 is 15.9 Å². The molecule has 6 nitrogen and oxygen atoms in total. The number of aryl methyl sites for hydroxylation is 1. The van der Waals surface area contributed by atoms with Crippen LogP contribution in [0, 0.1) is 6.92 Å². The SMILES string of the molecule is Cc1nn(-c2ccccc2)c2c1[C@@H](c1ccc(Br)cc1)N1C(=N2)C(Nc2ccccc2)=Nc2ccccc21. The molecule has 0 radical (unpaired) electrons. The molecule has 5 aromatic rings. The summed E-state index contributed by atoms with van der Waals surface area (Å²) in [5, 5.41) is 8.53. The quantitative estimate of drug-likeness (QED) is 0.246. The number of halogens is 1. The molecule has 38 heavy (non-hydrogen) atoms. The van der Waals surface area contributed by atoms with Gasteiger partial charge in [-0.1, -0.05) is 76.6 Å². The van der Waals surface area contributed by atoms with Gasteiger partial charge in [0, 0.05) is 15.7 Å². The van der Waals surface area contributed by atoms with E-state index in [9.17, 15) is 0 Å². The Kier molecular flexibility index (Phi) is 5.44. The van der Waals surface area contributed by atoms with Crippen LogP contribution in [0.4, 0.5) is 22.9 Å². The van der Waals surface area contributed by atoms with E-state index in [1.54, 1.807) is 0 Å². The average Bonchev–Trinajstić information content (AvgIpc) is 3.29. The van der Waals surface area contributed by atoms with Crippen molar-refractivity contribution in [3.05, 3.63) is 130 Å². The van der Waals surface area contributed by atoms with Crippen molar-refractivity contribution in [2.45, 2.75) is 13.0 Å². The third kappa shape index (κ3) is 3.74. The van der Waals surface area contributed by atoms with Gasteiger partial charge < -0.3 is 10.2 Å². The Morgan fingerprint density at radius 1 is 0.763 bits per heavy atom. The van der Waals surface area contributed by atoms with Crippen LogP contribution in [-0.2, 0) is 0 Å². The van der Waals surface area contributed by atoms with Crippen molar-refractivity contribution in [3.8, 4) is 5.69 Å². The van der Waals surface area contributed by atoms with E-state index in [0.29, 0.717) is 5.84 Å². The number of amidine groups is 2. The first kappa shape index (κ1) is 22.7. The molecule has 4 aromatic carbocycles. The molecule has 1 aromatic heterocycles. The predicted molar refractivity (Wildman–Crippen MR) is 157 cm³/mol. The molecule has 1 atom stereocenters. The van der Waals surface area contributed by atoms with E-state index < -0.39 is 0 Å². The number of aliphatic imine (C=N–C) groups is 2. The molecule has 0 fully saturated rings. The zero-order valence-electron chi connectivity index (χ0n) is 20.6. The molecule has 2 aliphatic heterocycles. The minimum absolute atomic E-state index is 0.146. The van der Waals surface area contributed by atoms with Crippen LogP contribution in [0.5, 0.6) is 0 Å². The van der Waals surface area contributed by atoms with Crippen molar-refractivity contribution in [2.24, 2.45) is 9.98 Å². The van der Waals surface area contributed by atoms with E-state index in [0.717, 1.165) is 55.7 Å². The third-order valence-corrected chi connectivity index (χ3v) is 7.39. The summed E-state index contributed by atoms with van der Waals surface area (Å²) in [6, 6.07) is 36.9. The van der Waals surface area contributed by atoms with Gasteiger partial charge in [-0.25, -0.2) is 14.7 Å². The van der Waals surface area contributed by atoms with E-state index in [4.69, 9.17) is 15.1 Å². The van der Waals surface area contributed by atoms with Gasteiger partial charge in [0.25, 0.3) is 0 Å². The Hall–Kier alpha value is -4.49. The van der Waals surface area contributed by atoms with Crippen LogP contribution in [0.1, 0.15) is 22.9 Å². The number of hydrogen-bond acceptors (Lipinski definition) is 5. The number of nitrogens with one attached hydrogen (secondary N) is 1. The fourth-order valence-electron chi connectivity index (χ4n) is 5.17. The lowest BCUT2D eigenvalue weighted by Gasteiger charge is -2.40. The van der Waals surface area contributed by atoms with Gasteiger partial charge in [-0.2, -0.15) is 5.10 Å². The number of benzene rings is 4. The van der Waals surface area contributed by atoms with Gasteiger partial charge in [0.1, 0.15) is 0 Å². The second-order valence-electron chi connectivity index (χ2n) is 9.27. The highest BCUT2D eigenvalue weighted by Crippen LogP contribution is 2.48. The van der Waals surface area contributed by atoms with Gasteiger partial charge in [-0.15, -0.1) is 0 Å². The topological polar surface area (TPSA) is 57.8 Å². The number of anilines is 2. The summed E-state index contributed by atoms with van der Waals surface area (Å²) in [7, 11) is 0. The molecule has 0 aliphatic carbocycles. The zero-order chi connectivity index (χ0) is 25.6. The molecule has 0 saturated carbocycles. The van der Waals surface area contributed by atoms with Gasteiger partial charge in [-0.05, 0) is 61.0 Å². The summed E-state index contributed by atoms with van der Waals surface area (Å²) in [6.07, 6.45) is 0. The maximum atomic E-state index is 5.27. The summed E-state index contributed by atoms with van der Waals surface area (Å²) in [4.78, 5) is 12.6. The smallest absolute Gasteiger partial charge is 0.179 e. The van der Waals surface area contributed by atoms with Crippen molar-refractivity contribution < 1.29 is 0 Å². The Labute approximate surface area is 229 Å². The van der Waals surface area contributed by atoms with Crippen molar-refractivity contribution >= 4 is 50.5 Å². The molecule has 0 amide bonds. The van der Waals surface area contributed by atoms with Gasteiger partial charge in [0.05, 0.1) is 28.8 Å². The van der Waals surface area contributed by atoms with Crippen LogP contribution in [0.15, 0.2) is 124 Å². The number of hydrogen-bond donors (Lipinski definition) is 1. The Morgan fingerprint density at radius 3 is 2.21 bits per heavy atom. The number of aromatic nitrogens is 2. The van der Waals surface area contributed by atoms with Crippen molar-refractivity contribution in [1.82, 2.24) is 9.78 Å². The Balaban J connectivity index is 1.51. The fourth-order valence-corrected chi connectivity index (χ4v) is 5.43. The first-order valence-electron chi connectivity index (χ1n) is 12.5. The predicted octanol–water partition coefficient (Wildman–Crippen LogP) is 7.74. The van der Waals surface area contributed by atoms with Crippen LogP contribution in [0.25, 0.3) is 5.69 Å². The summed E-state index contributed by atoms with van der Waals surface area (Å²) in [5.74, 6) is 2.26. The van der Waals surface area contributed by atoms with Crippen LogP contribution in [0.2, 0.25) is 0 Å². The van der Waals surface area contributed by atoms with E-state index in [1.165, 1.54) is 0 Å². The van der Waals surface area contributed by atoms with Gasteiger partial charge in [0.2, 0.25) is 0 Å². The molecule has 0 bridgehead atoms. The largest absolute Gasteiger partial charge is 0.337 e. The lowest BCUT2D eigenvalue weighted by atomic mass is 9.93. The Morgan fingerprint density at radius 2 is 1.45 bits per heavy atom. The van der Waals surface area contributed by atoms with Crippen LogP contribution in [-0.4, -0.2) is 21.5 Å². The minimum atomic E-state index is -0.146. The summed E-state index contributed by atoms with van der Waals surface area (Å²) >= 11 is 3.61. The molecule has 1 N–H and O–H groups in total. The Bertz CT molecular complexity index is 1710. The average molecular weight is 559 g/mol. The van der Waals surface area contributed by atoms with E-state index in [-0.39, 0.29) is 6.04 Å². The molecule has 7 heteroatoms. The lowest BCUT2D eigenvalue weighted by Crippen LogP contribution is -2.46. The highest BCUT2D eigenvalue weighted by atomic mass is 79.9. The molecule has 184 valence electrons. The summed E-state index contributed by atoms with van der Waals surface area (Å²) in [6.45, 7) is 2.07. The maximum absolute atomic E-state index is 5.27. The van der Waals surface area contributed by atoms with Crippen molar-refractivity contribution in [3.63, 3.8) is 0 Å². The normalized spacial score (nSPS) is 15.6. The van der Waals surface area contributed by atoms with E-state index in [2.05, 4.69) is 81.6 Å². The molecular formula is C31H23BrN6. The van der Waals surface area contributed by atoms with Gasteiger partial charge in [-0.3, -0.25) is 0 Å². The summed E-state index contributed by atoms with van der Waals surface area (Å²) in [5.41, 5.74) is 6.99. The van der Waals surface area contributed by atoms with Crippen LogP contribution < -0.4 is 10.2 Å². The lowest BCUT2D eigenvalue weighted by molar-refractivity contribution is 0.815. The molecular weight excluding hydrogens is 536 g/mol. The van der Waals surface area contributed by atoms with E-state index in [1.807, 2.05) is 65.3 Å². The summed E-state index contributed by atoms with van der Waals surface area (Å²) < 4.78 is 2.98. The zero-order valence-corrected chi connectivity index (χ0v) is 22.2. The minimum Gasteiger partial charge on any atom is -0.337 e. The highest BCUT2D eigenvalue weighted by Gasteiger charge is 2.41. The molecule has 0 unspecified atom stereocenters. The molecule has 0 saturated heterocycles. The molecule has 0 spiro atoms. The van der Waals surface area contributed by atoms with Crippen LogP contribution in [0.3, 0.4) is 0 Å². The first-order chi connectivity index (χ1) is 18.7. The number of para-hydroxylation sites is 4. The standard InChI is InChI=1S/C31H23BrN6/c1-20-27-28(21-16-18-22(32)19-17-21)37-26-15-9-8-14-25(26)34-29(33-23-10-4-2-5-11-23)31(37)35-30(27)38(36-20)24-12-6-3-7-13-24/h2-19,28H,1H3,(H,33,34)/t28-/m1/s1. The molecule has 7 rings (SSSR count). The first-order valence-corrected chi connectivity index (χ1v) is 13.3. The highest BCUT2D eigenvalue weighted by molar-refractivity contribution is 9.10. The number of nitrogens with zero attached hydrogens (tertiary/aromatic N) is 5. The second-order valence-corrected chi connectivity index (χ2v) is 10.2. The molecule has 3 heterocycles. The van der Waals surface area contributed by atoms with Gasteiger partial charge in [0.15, 0.2) is 17.5 Å². The second kappa shape index (κ2) is 9.11. The van der Waals surface area contributed by atoms with Gasteiger partial charge >= 0.3 is 0 Å². The van der Waals surface area contributed by atoms with E-state index >= 15 is 0 Å². The van der Waals surface area contributed by atoms with Crippen molar-refractivity contribution in [2.75, 3.05) is 10.2 Å².